The highest BCUT2D eigenvalue weighted by molar-refractivity contribution is 7.99. The maximum absolute atomic E-state index is 5.88. The van der Waals surface area contributed by atoms with E-state index in [0.717, 1.165) is 26.1 Å². The predicted octanol–water partition coefficient (Wildman–Crippen LogP) is 3.46. The second-order valence-corrected chi connectivity index (χ2v) is 6.18. The minimum absolute atomic E-state index is 0.574. The normalized spacial score (nSPS) is 17.5. The van der Waals surface area contributed by atoms with E-state index in [0.29, 0.717) is 6.10 Å². The van der Waals surface area contributed by atoms with Crippen molar-refractivity contribution in [3.05, 3.63) is 0 Å². The summed E-state index contributed by atoms with van der Waals surface area (Å²) in [5.41, 5.74) is 0. The van der Waals surface area contributed by atoms with Crippen molar-refractivity contribution in [3.8, 4) is 0 Å². The van der Waals surface area contributed by atoms with Crippen LogP contribution in [0.2, 0.25) is 0 Å². The van der Waals surface area contributed by atoms with Crippen LogP contribution in [0.3, 0.4) is 0 Å². The largest absolute Gasteiger partial charge is 0.378 e. The summed E-state index contributed by atoms with van der Waals surface area (Å²) in [7, 11) is 0. The van der Waals surface area contributed by atoms with Crippen LogP contribution in [0.1, 0.15) is 51.9 Å². The Hall–Kier alpha value is 0.270. The van der Waals surface area contributed by atoms with Crippen LogP contribution in [0.25, 0.3) is 0 Å². The number of ether oxygens (including phenoxy) is 1. The minimum atomic E-state index is 0.574. The van der Waals surface area contributed by atoms with Crippen molar-refractivity contribution in [3.63, 3.8) is 0 Å². The summed E-state index contributed by atoms with van der Waals surface area (Å²) in [6.45, 7) is 5.45. The van der Waals surface area contributed by atoms with Crippen molar-refractivity contribution in [2.75, 3.05) is 31.2 Å². The number of hydrogen-bond acceptors (Lipinski definition) is 3. The van der Waals surface area contributed by atoms with E-state index in [1.54, 1.807) is 0 Å². The molecule has 0 aromatic carbocycles. The SMILES string of the molecule is CCSCCCNCCCOC1CCCCC1. The highest BCUT2D eigenvalue weighted by Crippen LogP contribution is 2.20. The molecular formula is C14H29NOS. The number of nitrogens with one attached hydrogen (secondary N) is 1. The first kappa shape index (κ1) is 15.3. The molecule has 0 aliphatic heterocycles. The summed E-state index contributed by atoms with van der Waals surface area (Å²) in [4.78, 5) is 0. The highest BCUT2D eigenvalue weighted by atomic mass is 32.2. The molecule has 0 bridgehead atoms. The lowest BCUT2D eigenvalue weighted by atomic mass is 9.98. The first-order valence-electron chi connectivity index (χ1n) is 7.33. The molecule has 0 aromatic rings. The Morgan fingerprint density at radius 2 is 1.88 bits per heavy atom. The Morgan fingerprint density at radius 3 is 2.65 bits per heavy atom. The van der Waals surface area contributed by atoms with Crippen LogP contribution in [0.15, 0.2) is 0 Å². The first-order chi connectivity index (χ1) is 8.43. The molecular weight excluding hydrogens is 230 g/mol. The van der Waals surface area contributed by atoms with E-state index in [1.165, 1.54) is 50.0 Å². The van der Waals surface area contributed by atoms with E-state index in [4.69, 9.17) is 4.74 Å². The van der Waals surface area contributed by atoms with Crippen LogP contribution in [-0.2, 0) is 4.74 Å². The third kappa shape index (κ3) is 8.92. The molecule has 1 rings (SSSR count). The fourth-order valence-electron chi connectivity index (χ4n) is 2.25. The Morgan fingerprint density at radius 1 is 1.12 bits per heavy atom. The molecule has 17 heavy (non-hydrogen) atoms. The summed E-state index contributed by atoms with van der Waals surface area (Å²) in [6.07, 6.45) is 9.78. The summed E-state index contributed by atoms with van der Waals surface area (Å²) in [5.74, 6) is 2.54. The number of thioether (sulfide) groups is 1. The van der Waals surface area contributed by atoms with Gasteiger partial charge in [-0.25, -0.2) is 0 Å². The van der Waals surface area contributed by atoms with Crippen molar-refractivity contribution in [1.29, 1.82) is 0 Å². The van der Waals surface area contributed by atoms with Gasteiger partial charge in [0.05, 0.1) is 6.10 Å². The summed E-state index contributed by atoms with van der Waals surface area (Å²) < 4.78 is 5.88. The van der Waals surface area contributed by atoms with E-state index < -0.39 is 0 Å². The van der Waals surface area contributed by atoms with E-state index in [9.17, 15) is 0 Å². The molecule has 1 saturated carbocycles. The van der Waals surface area contributed by atoms with Crippen LogP contribution in [-0.4, -0.2) is 37.3 Å². The Bertz CT molecular complexity index is 160. The summed E-state index contributed by atoms with van der Waals surface area (Å²) in [6, 6.07) is 0. The highest BCUT2D eigenvalue weighted by Gasteiger charge is 2.12. The molecule has 1 aliphatic rings. The van der Waals surface area contributed by atoms with Crippen LogP contribution < -0.4 is 5.32 Å². The summed E-state index contributed by atoms with van der Waals surface area (Å²) >= 11 is 2.03. The van der Waals surface area contributed by atoms with Gasteiger partial charge in [0, 0.05) is 6.61 Å². The van der Waals surface area contributed by atoms with E-state index >= 15 is 0 Å². The fraction of sp³-hybridized carbons (Fsp3) is 1.00. The van der Waals surface area contributed by atoms with Crippen LogP contribution >= 0.6 is 11.8 Å². The zero-order valence-corrected chi connectivity index (χ0v) is 12.2. The van der Waals surface area contributed by atoms with Gasteiger partial charge in [0.1, 0.15) is 0 Å². The lowest BCUT2D eigenvalue weighted by molar-refractivity contribution is 0.0273. The molecule has 1 N–H and O–H groups in total. The van der Waals surface area contributed by atoms with Gasteiger partial charge >= 0.3 is 0 Å². The van der Waals surface area contributed by atoms with Gasteiger partial charge in [-0.05, 0) is 50.3 Å². The zero-order chi connectivity index (χ0) is 12.2. The second kappa shape index (κ2) is 11.4. The average molecular weight is 259 g/mol. The third-order valence-corrected chi connectivity index (χ3v) is 4.24. The maximum Gasteiger partial charge on any atom is 0.0575 e. The molecule has 0 heterocycles. The van der Waals surface area contributed by atoms with E-state index in [2.05, 4.69) is 12.2 Å². The van der Waals surface area contributed by atoms with Gasteiger partial charge < -0.3 is 10.1 Å². The van der Waals surface area contributed by atoms with Gasteiger partial charge in [-0.3, -0.25) is 0 Å². The molecule has 0 aromatic heterocycles. The van der Waals surface area contributed by atoms with Crippen LogP contribution in [0.4, 0.5) is 0 Å². The molecule has 1 aliphatic carbocycles. The fourth-order valence-corrected chi connectivity index (χ4v) is 2.88. The standard InChI is InChI=1S/C14H29NOS/c1-2-17-13-7-11-15-10-6-12-16-14-8-4-3-5-9-14/h14-15H,2-13H2,1H3. The number of hydrogen-bond donors (Lipinski definition) is 1. The number of rotatable bonds is 10. The van der Waals surface area contributed by atoms with Crippen LogP contribution in [0.5, 0.6) is 0 Å². The van der Waals surface area contributed by atoms with Gasteiger partial charge in [0.2, 0.25) is 0 Å². The zero-order valence-electron chi connectivity index (χ0n) is 11.4. The Kier molecular flexibility index (Phi) is 10.2. The first-order valence-corrected chi connectivity index (χ1v) is 8.49. The molecule has 0 spiro atoms. The Balaban J connectivity index is 1.75. The van der Waals surface area contributed by atoms with Gasteiger partial charge in [0.25, 0.3) is 0 Å². The smallest absolute Gasteiger partial charge is 0.0575 e. The average Bonchev–Trinajstić information content (AvgIpc) is 2.38. The monoisotopic (exact) mass is 259 g/mol. The van der Waals surface area contributed by atoms with E-state index in [1.807, 2.05) is 11.8 Å². The van der Waals surface area contributed by atoms with Gasteiger partial charge in [0.15, 0.2) is 0 Å². The van der Waals surface area contributed by atoms with Crippen molar-refractivity contribution in [1.82, 2.24) is 5.32 Å². The molecule has 3 heteroatoms. The van der Waals surface area contributed by atoms with E-state index in [-0.39, 0.29) is 0 Å². The summed E-state index contributed by atoms with van der Waals surface area (Å²) in [5, 5.41) is 3.49. The third-order valence-electron chi connectivity index (χ3n) is 3.25. The molecule has 0 unspecified atom stereocenters. The molecule has 2 nitrogen and oxygen atoms in total. The van der Waals surface area contributed by atoms with Gasteiger partial charge in [-0.15, -0.1) is 0 Å². The topological polar surface area (TPSA) is 21.3 Å². The predicted molar refractivity (Wildman–Crippen MR) is 77.9 cm³/mol. The molecule has 0 amide bonds. The maximum atomic E-state index is 5.88. The lowest BCUT2D eigenvalue weighted by Gasteiger charge is -2.21. The van der Waals surface area contributed by atoms with Crippen molar-refractivity contribution in [2.24, 2.45) is 0 Å². The van der Waals surface area contributed by atoms with Crippen LogP contribution in [0, 0.1) is 0 Å². The quantitative estimate of drug-likeness (QED) is 0.607. The van der Waals surface area contributed by atoms with Crippen molar-refractivity contribution < 1.29 is 4.74 Å². The minimum Gasteiger partial charge on any atom is -0.378 e. The lowest BCUT2D eigenvalue weighted by Crippen LogP contribution is -2.21. The molecule has 1 fully saturated rings. The molecule has 0 atom stereocenters. The molecule has 102 valence electrons. The second-order valence-electron chi connectivity index (χ2n) is 4.78. The van der Waals surface area contributed by atoms with Gasteiger partial charge in [-0.1, -0.05) is 26.2 Å². The van der Waals surface area contributed by atoms with Gasteiger partial charge in [-0.2, -0.15) is 11.8 Å². The molecule has 0 radical (unpaired) electrons. The van der Waals surface area contributed by atoms with Crippen molar-refractivity contribution in [2.45, 2.75) is 58.0 Å². The Labute approximate surface area is 111 Å². The van der Waals surface area contributed by atoms with Crippen molar-refractivity contribution >= 4 is 11.8 Å². The molecule has 0 saturated heterocycles.